The Balaban J connectivity index is 1.91. The standard InChI is InChI=1S/C16H12N2OS/c20-16-18(14-6-1-2-7-15(14)19-16)10-11-4-3-5-13-12(11)8-9-17-13/h1-9,17H,10H2. The SMILES string of the molecule is S=c1oc2ccccc2n1Cc1cccc2[nH]ccc12. The molecule has 98 valence electrons. The largest absolute Gasteiger partial charge is 0.429 e. The zero-order valence-corrected chi connectivity index (χ0v) is 11.5. The van der Waals surface area contributed by atoms with Crippen LogP contribution in [0, 0.1) is 4.84 Å². The van der Waals surface area contributed by atoms with Crippen LogP contribution in [0.3, 0.4) is 0 Å². The lowest BCUT2D eigenvalue weighted by Crippen LogP contribution is -1.99. The number of hydrogen-bond acceptors (Lipinski definition) is 2. The maximum Gasteiger partial charge on any atom is 0.269 e. The summed E-state index contributed by atoms with van der Waals surface area (Å²) in [5.41, 5.74) is 4.23. The molecule has 0 saturated heterocycles. The van der Waals surface area contributed by atoms with Crippen molar-refractivity contribution >= 4 is 34.2 Å². The van der Waals surface area contributed by atoms with Gasteiger partial charge in [0.05, 0.1) is 12.1 Å². The third-order valence-electron chi connectivity index (χ3n) is 3.59. The number of H-pyrrole nitrogens is 1. The topological polar surface area (TPSA) is 33.9 Å². The van der Waals surface area contributed by atoms with Gasteiger partial charge < -0.3 is 9.40 Å². The third kappa shape index (κ3) is 1.69. The van der Waals surface area contributed by atoms with E-state index in [0.717, 1.165) is 16.6 Å². The number of benzene rings is 2. The van der Waals surface area contributed by atoms with E-state index in [1.807, 2.05) is 35.0 Å². The normalized spacial score (nSPS) is 11.4. The predicted octanol–water partition coefficient (Wildman–Crippen LogP) is 4.49. The fourth-order valence-corrected chi connectivity index (χ4v) is 2.88. The number of hydrogen-bond donors (Lipinski definition) is 1. The van der Waals surface area contributed by atoms with Gasteiger partial charge in [0.15, 0.2) is 5.58 Å². The van der Waals surface area contributed by atoms with Gasteiger partial charge in [-0.2, -0.15) is 0 Å². The molecule has 1 N–H and O–H groups in total. The summed E-state index contributed by atoms with van der Waals surface area (Å²) in [5.74, 6) is 0. The molecule has 4 aromatic rings. The van der Waals surface area contributed by atoms with Crippen molar-refractivity contribution in [2.24, 2.45) is 0 Å². The second-order valence-electron chi connectivity index (χ2n) is 4.78. The second kappa shape index (κ2) is 4.35. The first-order valence-corrected chi connectivity index (χ1v) is 6.87. The minimum Gasteiger partial charge on any atom is -0.429 e. The molecular weight excluding hydrogens is 268 g/mol. The van der Waals surface area contributed by atoms with E-state index in [4.69, 9.17) is 16.6 Å². The highest BCUT2D eigenvalue weighted by Crippen LogP contribution is 2.22. The molecule has 0 unspecified atom stereocenters. The van der Waals surface area contributed by atoms with E-state index in [1.54, 1.807) is 0 Å². The molecule has 0 fully saturated rings. The summed E-state index contributed by atoms with van der Waals surface area (Å²) in [6.07, 6.45) is 1.96. The van der Waals surface area contributed by atoms with E-state index in [0.29, 0.717) is 11.4 Å². The van der Waals surface area contributed by atoms with E-state index < -0.39 is 0 Å². The number of oxazole rings is 1. The first-order valence-electron chi connectivity index (χ1n) is 6.46. The van der Waals surface area contributed by atoms with Crippen molar-refractivity contribution in [3.63, 3.8) is 0 Å². The van der Waals surface area contributed by atoms with E-state index in [1.165, 1.54) is 10.9 Å². The highest BCUT2D eigenvalue weighted by Gasteiger charge is 2.08. The predicted molar refractivity (Wildman–Crippen MR) is 82.4 cm³/mol. The number of aromatic nitrogens is 2. The maximum absolute atomic E-state index is 5.63. The fourth-order valence-electron chi connectivity index (χ4n) is 2.62. The maximum atomic E-state index is 5.63. The lowest BCUT2D eigenvalue weighted by atomic mass is 10.1. The average molecular weight is 280 g/mol. The van der Waals surface area contributed by atoms with Gasteiger partial charge in [0, 0.05) is 17.1 Å². The molecule has 0 amide bonds. The van der Waals surface area contributed by atoms with E-state index in [-0.39, 0.29) is 0 Å². The Morgan fingerprint density at radius 3 is 2.90 bits per heavy atom. The number of nitrogens with one attached hydrogen (secondary N) is 1. The zero-order chi connectivity index (χ0) is 13.5. The molecule has 4 heteroatoms. The van der Waals surface area contributed by atoms with Crippen molar-refractivity contribution in [1.29, 1.82) is 0 Å². The number of para-hydroxylation sites is 2. The van der Waals surface area contributed by atoms with Crippen LogP contribution in [-0.2, 0) is 6.54 Å². The number of fused-ring (bicyclic) bond motifs is 2. The van der Waals surface area contributed by atoms with Crippen LogP contribution in [0.25, 0.3) is 22.0 Å². The molecule has 3 nitrogen and oxygen atoms in total. The quantitative estimate of drug-likeness (QED) is 0.549. The summed E-state index contributed by atoms with van der Waals surface area (Å²) < 4.78 is 7.67. The van der Waals surface area contributed by atoms with Gasteiger partial charge in [0.1, 0.15) is 0 Å². The number of rotatable bonds is 2. The molecule has 0 saturated carbocycles. The highest BCUT2D eigenvalue weighted by molar-refractivity contribution is 7.71. The zero-order valence-electron chi connectivity index (χ0n) is 10.7. The lowest BCUT2D eigenvalue weighted by Gasteiger charge is -2.05. The van der Waals surface area contributed by atoms with Crippen molar-refractivity contribution in [2.75, 3.05) is 0 Å². The Morgan fingerprint density at radius 1 is 1.05 bits per heavy atom. The molecule has 0 spiro atoms. The molecule has 20 heavy (non-hydrogen) atoms. The third-order valence-corrected chi connectivity index (χ3v) is 3.89. The van der Waals surface area contributed by atoms with Crippen LogP contribution in [0.5, 0.6) is 0 Å². The van der Waals surface area contributed by atoms with Gasteiger partial charge in [-0.1, -0.05) is 24.3 Å². The van der Waals surface area contributed by atoms with Crippen molar-refractivity contribution in [1.82, 2.24) is 9.55 Å². The van der Waals surface area contributed by atoms with Gasteiger partial charge >= 0.3 is 0 Å². The van der Waals surface area contributed by atoms with Gasteiger partial charge in [-0.25, -0.2) is 0 Å². The summed E-state index contributed by atoms with van der Waals surface area (Å²) in [6.45, 7) is 0.713. The molecule has 2 aromatic carbocycles. The highest BCUT2D eigenvalue weighted by atomic mass is 32.1. The molecule has 0 aliphatic carbocycles. The Hall–Kier alpha value is -2.33. The van der Waals surface area contributed by atoms with Gasteiger partial charge in [-0.15, -0.1) is 0 Å². The van der Waals surface area contributed by atoms with Crippen LogP contribution in [0.15, 0.2) is 59.1 Å². The van der Waals surface area contributed by atoms with Crippen LogP contribution < -0.4 is 0 Å². The number of aromatic amines is 1. The van der Waals surface area contributed by atoms with Gasteiger partial charge in [-0.3, -0.25) is 4.57 Å². The molecule has 0 bridgehead atoms. The smallest absolute Gasteiger partial charge is 0.269 e. The van der Waals surface area contributed by atoms with Crippen molar-refractivity contribution < 1.29 is 4.42 Å². The molecular formula is C16H12N2OS. The van der Waals surface area contributed by atoms with Gasteiger partial charge in [0.2, 0.25) is 0 Å². The van der Waals surface area contributed by atoms with Crippen LogP contribution in [-0.4, -0.2) is 9.55 Å². The molecule has 0 radical (unpaired) electrons. The Morgan fingerprint density at radius 2 is 1.95 bits per heavy atom. The van der Waals surface area contributed by atoms with E-state index in [2.05, 4.69) is 29.2 Å². The van der Waals surface area contributed by atoms with Gasteiger partial charge in [0.25, 0.3) is 4.84 Å². The monoisotopic (exact) mass is 280 g/mol. The second-order valence-corrected chi connectivity index (χ2v) is 5.13. The van der Waals surface area contributed by atoms with Crippen molar-refractivity contribution in [3.05, 3.63) is 65.1 Å². The molecule has 0 aliphatic rings. The van der Waals surface area contributed by atoms with E-state index >= 15 is 0 Å². The molecule has 0 atom stereocenters. The van der Waals surface area contributed by atoms with Crippen LogP contribution in [0.2, 0.25) is 0 Å². The van der Waals surface area contributed by atoms with Crippen LogP contribution >= 0.6 is 12.2 Å². The van der Waals surface area contributed by atoms with Crippen molar-refractivity contribution in [3.8, 4) is 0 Å². The lowest BCUT2D eigenvalue weighted by molar-refractivity contribution is 0.549. The Bertz CT molecular complexity index is 961. The Kier molecular flexibility index (Phi) is 2.50. The minimum atomic E-state index is 0.513. The molecule has 4 rings (SSSR count). The fraction of sp³-hybridized carbons (Fsp3) is 0.0625. The van der Waals surface area contributed by atoms with Crippen LogP contribution in [0.4, 0.5) is 0 Å². The molecule has 2 heterocycles. The average Bonchev–Trinajstić information content (AvgIpc) is 3.05. The summed E-state index contributed by atoms with van der Waals surface area (Å²) >= 11 is 5.34. The first kappa shape index (κ1) is 11.5. The number of nitrogens with zero attached hydrogens (tertiary/aromatic N) is 1. The molecule has 2 aromatic heterocycles. The Labute approximate surface area is 120 Å². The summed E-state index contributed by atoms with van der Waals surface area (Å²) in [7, 11) is 0. The van der Waals surface area contributed by atoms with Crippen LogP contribution in [0.1, 0.15) is 5.56 Å². The van der Waals surface area contributed by atoms with Gasteiger partial charge in [-0.05, 0) is 42.0 Å². The van der Waals surface area contributed by atoms with Crippen molar-refractivity contribution in [2.45, 2.75) is 6.54 Å². The minimum absolute atomic E-state index is 0.513. The molecule has 0 aliphatic heterocycles. The van der Waals surface area contributed by atoms with E-state index in [9.17, 15) is 0 Å². The summed E-state index contributed by atoms with van der Waals surface area (Å²) in [6, 6.07) is 16.3. The first-order chi connectivity index (χ1) is 9.83. The summed E-state index contributed by atoms with van der Waals surface area (Å²) in [4.78, 5) is 3.75. The summed E-state index contributed by atoms with van der Waals surface area (Å²) in [5, 5.41) is 1.22.